The van der Waals surface area contributed by atoms with E-state index in [-0.39, 0.29) is 5.82 Å². The van der Waals surface area contributed by atoms with Crippen molar-refractivity contribution in [3.05, 3.63) is 70.5 Å². The molecule has 1 atom stereocenters. The third-order valence-corrected chi connectivity index (χ3v) is 3.75. The molecule has 98 valence electrons. The fourth-order valence-electron chi connectivity index (χ4n) is 2.57. The molecule has 3 rings (SSSR count). The summed E-state index contributed by atoms with van der Waals surface area (Å²) in [4.78, 5) is 0. The highest BCUT2D eigenvalue weighted by atomic mass is 19.1. The number of hydrogen-bond acceptors (Lipinski definition) is 1. The summed E-state index contributed by atoms with van der Waals surface area (Å²) in [6.07, 6.45) is 1.46. The third-order valence-electron chi connectivity index (χ3n) is 3.75. The van der Waals surface area contributed by atoms with E-state index in [1.54, 1.807) is 12.1 Å². The van der Waals surface area contributed by atoms with Gasteiger partial charge in [0.25, 0.3) is 0 Å². The molecule has 0 spiro atoms. The Morgan fingerprint density at radius 1 is 1.11 bits per heavy atom. The van der Waals surface area contributed by atoms with E-state index >= 15 is 0 Å². The Morgan fingerprint density at radius 2 is 1.84 bits per heavy atom. The SMILES string of the molecule is Cc1ccc(F)c(C(O)c2ccccc2C2CC2)c1. The lowest BCUT2D eigenvalue weighted by molar-refractivity contribution is 0.213. The molecule has 0 saturated heterocycles. The zero-order valence-electron chi connectivity index (χ0n) is 10.9. The summed E-state index contributed by atoms with van der Waals surface area (Å²) in [6, 6.07) is 12.7. The van der Waals surface area contributed by atoms with E-state index in [1.807, 2.05) is 31.2 Å². The highest BCUT2D eigenvalue weighted by Crippen LogP contribution is 2.43. The Kier molecular flexibility index (Phi) is 3.11. The van der Waals surface area contributed by atoms with E-state index in [0.29, 0.717) is 11.5 Å². The first-order valence-corrected chi connectivity index (χ1v) is 6.70. The second-order valence-electron chi connectivity index (χ2n) is 5.33. The van der Waals surface area contributed by atoms with Crippen LogP contribution in [0.5, 0.6) is 0 Å². The van der Waals surface area contributed by atoms with Crippen molar-refractivity contribution >= 4 is 0 Å². The van der Waals surface area contributed by atoms with E-state index < -0.39 is 6.10 Å². The average Bonchev–Trinajstić information content (AvgIpc) is 3.25. The van der Waals surface area contributed by atoms with E-state index in [2.05, 4.69) is 0 Å². The quantitative estimate of drug-likeness (QED) is 0.876. The van der Waals surface area contributed by atoms with Crippen LogP contribution in [0.3, 0.4) is 0 Å². The lowest BCUT2D eigenvalue weighted by atomic mass is 9.93. The van der Waals surface area contributed by atoms with Crippen molar-refractivity contribution in [2.75, 3.05) is 0 Å². The maximum atomic E-state index is 13.9. The highest BCUT2D eigenvalue weighted by molar-refractivity contribution is 5.40. The van der Waals surface area contributed by atoms with Crippen molar-refractivity contribution in [1.82, 2.24) is 0 Å². The van der Waals surface area contributed by atoms with Crippen molar-refractivity contribution in [3.8, 4) is 0 Å². The van der Waals surface area contributed by atoms with E-state index in [4.69, 9.17) is 0 Å². The van der Waals surface area contributed by atoms with Gasteiger partial charge in [0.15, 0.2) is 0 Å². The maximum absolute atomic E-state index is 13.9. The molecule has 2 heteroatoms. The highest BCUT2D eigenvalue weighted by Gasteiger charge is 2.28. The first-order chi connectivity index (χ1) is 9.16. The molecule has 1 fully saturated rings. The topological polar surface area (TPSA) is 20.2 Å². The van der Waals surface area contributed by atoms with Gasteiger partial charge < -0.3 is 5.11 Å². The van der Waals surface area contributed by atoms with Crippen LogP contribution in [0.25, 0.3) is 0 Å². The lowest BCUT2D eigenvalue weighted by Gasteiger charge is -2.17. The number of aryl methyl sites for hydroxylation is 1. The molecule has 1 aliphatic carbocycles. The Labute approximate surface area is 112 Å². The van der Waals surface area contributed by atoms with Crippen molar-refractivity contribution in [2.24, 2.45) is 0 Å². The second-order valence-corrected chi connectivity index (χ2v) is 5.33. The van der Waals surface area contributed by atoms with Crippen LogP contribution in [0.15, 0.2) is 42.5 Å². The number of aliphatic hydroxyl groups is 1. The van der Waals surface area contributed by atoms with Crippen LogP contribution < -0.4 is 0 Å². The average molecular weight is 256 g/mol. The van der Waals surface area contributed by atoms with Gasteiger partial charge in [-0.25, -0.2) is 4.39 Å². The first-order valence-electron chi connectivity index (χ1n) is 6.70. The summed E-state index contributed by atoms with van der Waals surface area (Å²) in [5.41, 5.74) is 3.33. The smallest absolute Gasteiger partial charge is 0.129 e. The number of hydrogen-bond donors (Lipinski definition) is 1. The van der Waals surface area contributed by atoms with Crippen LogP contribution in [0.1, 0.15) is 47.1 Å². The van der Waals surface area contributed by atoms with Gasteiger partial charge in [-0.2, -0.15) is 0 Å². The number of aliphatic hydroxyl groups excluding tert-OH is 1. The van der Waals surface area contributed by atoms with Gasteiger partial charge >= 0.3 is 0 Å². The molecule has 0 aliphatic heterocycles. The summed E-state index contributed by atoms with van der Waals surface area (Å²) in [5, 5.41) is 10.5. The van der Waals surface area contributed by atoms with E-state index in [0.717, 1.165) is 16.7 Å². The monoisotopic (exact) mass is 256 g/mol. The molecule has 2 aromatic carbocycles. The van der Waals surface area contributed by atoms with Crippen LogP contribution in [0, 0.1) is 12.7 Å². The third kappa shape index (κ3) is 2.41. The van der Waals surface area contributed by atoms with Gasteiger partial charge in [-0.15, -0.1) is 0 Å². The fourth-order valence-corrected chi connectivity index (χ4v) is 2.57. The summed E-state index contributed by atoms with van der Waals surface area (Å²) < 4.78 is 13.9. The number of rotatable bonds is 3. The molecule has 19 heavy (non-hydrogen) atoms. The largest absolute Gasteiger partial charge is 0.384 e. The first kappa shape index (κ1) is 12.4. The van der Waals surface area contributed by atoms with Crippen LogP contribution in [0.2, 0.25) is 0 Å². The van der Waals surface area contributed by atoms with Gasteiger partial charge in [0, 0.05) is 5.56 Å². The van der Waals surface area contributed by atoms with Gasteiger partial charge in [-0.3, -0.25) is 0 Å². The summed E-state index contributed by atoms with van der Waals surface area (Å²) >= 11 is 0. The fraction of sp³-hybridized carbons (Fsp3) is 0.294. The normalized spacial score (nSPS) is 16.4. The summed E-state index contributed by atoms with van der Waals surface area (Å²) in [7, 11) is 0. The molecule has 0 aromatic heterocycles. The Hall–Kier alpha value is -1.67. The lowest BCUT2D eigenvalue weighted by Crippen LogP contribution is -2.06. The second kappa shape index (κ2) is 4.78. The van der Waals surface area contributed by atoms with Crippen molar-refractivity contribution in [2.45, 2.75) is 31.8 Å². The van der Waals surface area contributed by atoms with Crippen LogP contribution in [-0.4, -0.2) is 5.11 Å². The van der Waals surface area contributed by atoms with E-state index in [1.165, 1.54) is 18.9 Å². The van der Waals surface area contributed by atoms with Crippen LogP contribution >= 0.6 is 0 Å². The van der Waals surface area contributed by atoms with Crippen molar-refractivity contribution in [1.29, 1.82) is 0 Å². The zero-order valence-corrected chi connectivity index (χ0v) is 10.9. The van der Waals surface area contributed by atoms with Gasteiger partial charge in [0.1, 0.15) is 11.9 Å². The molecular weight excluding hydrogens is 239 g/mol. The minimum absolute atomic E-state index is 0.344. The van der Waals surface area contributed by atoms with Gasteiger partial charge in [0.05, 0.1) is 0 Å². The van der Waals surface area contributed by atoms with Crippen LogP contribution in [-0.2, 0) is 0 Å². The predicted molar refractivity (Wildman–Crippen MR) is 73.6 cm³/mol. The Bertz CT molecular complexity index is 602. The number of halogens is 1. The van der Waals surface area contributed by atoms with Gasteiger partial charge in [-0.1, -0.05) is 42.0 Å². The minimum atomic E-state index is -0.878. The molecule has 1 nitrogen and oxygen atoms in total. The molecule has 1 unspecified atom stereocenters. The Balaban J connectivity index is 2.04. The predicted octanol–water partition coefficient (Wildman–Crippen LogP) is 4.09. The standard InChI is InChI=1S/C17H17FO/c1-11-6-9-16(18)15(10-11)17(19)14-5-3-2-4-13(14)12-7-8-12/h2-6,9-10,12,17,19H,7-8H2,1H3. The van der Waals surface area contributed by atoms with Crippen molar-refractivity contribution in [3.63, 3.8) is 0 Å². The molecule has 0 amide bonds. The van der Waals surface area contributed by atoms with Gasteiger partial charge in [0.2, 0.25) is 0 Å². The minimum Gasteiger partial charge on any atom is -0.384 e. The summed E-state index contributed by atoms with van der Waals surface area (Å²) in [6.45, 7) is 1.91. The summed E-state index contributed by atoms with van der Waals surface area (Å²) in [5.74, 6) is 0.197. The molecule has 1 N–H and O–H groups in total. The molecule has 0 heterocycles. The molecule has 1 aliphatic rings. The zero-order chi connectivity index (χ0) is 13.4. The van der Waals surface area contributed by atoms with Gasteiger partial charge in [-0.05, 0) is 42.9 Å². The molecule has 2 aromatic rings. The molecule has 0 radical (unpaired) electrons. The molecular formula is C17H17FO. The van der Waals surface area contributed by atoms with Crippen molar-refractivity contribution < 1.29 is 9.50 Å². The maximum Gasteiger partial charge on any atom is 0.129 e. The molecule has 0 bridgehead atoms. The van der Waals surface area contributed by atoms with E-state index in [9.17, 15) is 9.50 Å². The number of benzene rings is 2. The Morgan fingerprint density at radius 3 is 2.58 bits per heavy atom. The molecule has 1 saturated carbocycles. The van der Waals surface area contributed by atoms with Crippen LogP contribution in [0.4, 0.5) is 4.39 Å².